The summed E-state index contributed by atoms with van der Waals surface area (Å²) in [6.45, 7) is 0. The second-order valence-corrected chi connectivity index (χ2v) is 4.63. The van der Waals surface area contributed by atoms with E-state index in [4.69, 9.17) is 5.73 Å². The number of anilines is 1. The number of rotatable bonds is 2. The number of carbonyl (C=O) groups is 1. The van der Waals surface area contributed by atoms with E-state index in [0.29, 0.717) is 22.2 Å². The van der Waals surface area contributed by atoms with Gasteiger partial charge in [-0.15, -0.1) is 0 Å². The first kappa shape index (κ1) is 12.2. The summed E-state index contributed by atoms with van der Waals surface area (Å²) in [7, 11) is 0. The zero-order chi connectivity index (χ0) is 14.1. The highest BCUT2D eigenvalue weighted by Crippen LogP contribution is 2.28. The molecule has 0 fully saturated rings. The van der Waals surface area contributed by atoms with Gasteiger partial charge in [0.2, 0.25) is 0 Å². The molecular formula is C17H13NO2. The predicted molar refractivity (Wildman–Crippen MR) is 79.9 cm³/mol. The average Bonchev–Trinajstić information content (AvgIpc) is 2.48. The number of hydrogen-bond donors (Lipinski definition) is 2. The highest BCUT2D eigenvalue weighted by atomic mass is 16.3. The lowest BCUT2D eigenvalue weighted by Crippen LogP contribution is -2.02. The maximum atomic E-state index is 12.6. The van der Waals surface area contributed by atoms with E-state index in [1.807, 2.05) is 18.2 Å². The van der Waals surface area contributed by atoms with Gasteiger partial charge in [0.05, 0.1) is 0 Å². The van der Waals surface area contributed by atoms with Crippen molar-refractivity contribution in [2.45, 2.75) is 0 Å². The van der Waals surface area contributed by atoms with Crippen molar-refractivity contribution in [3.63, 3.8) is 0 Å². The summed E-state index contributed by atoms with van der Waals surface area (Å²) in [5.74, 6) is 0.0932. The molecule has 3 aromatic carbocycles. The number of aromatic hydroxyl groups is 1. The van der Waals surface area contributed by atoms with Crippen LogP contribution in [-0.2, 0) is 0 Å². The van der Waals surface area contributed by atoms with Crippen molar-refractivity contribution in [2.75, 3.05) is 5.73 Å². The minimum atomic E-state index is -0.0822. The van der Waals surface area contributed by atoms with Crippen molar-refractivity contribution in [1.82, 2.24) is 0 Å². The zero-order valence-electron chi connectivity index (χ0n) is 10.7. The molecule has 0 saturated heterocycles. The molecule has 0 atom stereocenters. The molecule has 3 N–H and O–H groups in total. The Kier molecular flexibility index (Phi) is 2.88. The van der Waals surface area contributed by atoms with Crippen LogP contribution in [0.4, 0.5) is 5.69 Å². The number of fused-ring (bicyclic) bond motifs is 1. The van der Waals surface area contributed by atoms with E-state index in [9.17, 15) is 9.90 Å². The first-order valence-corrected chi connectivity index (χ1v) is 6.28. The van der Waals surface area contributed by atoms with Gasteiger partial charge in [-0.2, -0.15) is 0 Å². The van der Waals surface area contributed by atoms with Crippen LogP contribution in [0.5, 0.6) is 5.75 Å². The van der Waals surface area contributed by atoms with E-state index in [1.54, 1.807) is 42.5 Å². The number of benzene rings is 3. The lowest BCUT2D eigenvalue weighted by atomic mass is 9.96. The normalized spacial score (nSPS) is 10.6. The summed E-state index contributed by atoms with van der Waals surface area (Å²) in [5.41, 5.74) is 7.41. The summed E-state index contributed by atoms with van der Waals surface area (Å²) in [4.78, 5) is 12.6. The number of phenols is 1. The average molecular weight is 263 g/mol. The molecule has 0 bridgehead atoms. The molecule has 3 heteroatoms. The Balaban J connectivity index is 2.17. The number of nitrogen functional groups attached to an aromatic ring is 1. The third-order valence-corrected chi connectivity index (χ3v) is 3.32. The molecule has 0 saturated carbocycles. The SMILES string of the molecule is Nc1ccc(C(=O)c2ccc(O)c3ccccc23)cc1. The minimum Gasteiger partial charge on any atom is -0.507 e. The van der Waals surface area contributed by atoms with E-state index in [2.05, 4.69) is 0 Å². The van der Waals surface area contributed by atoms with E-state index >= 15 is 0 Å². The van der Waals surface area contributed by atoms with Crippen LogP contribution in [0.1, 0.15) is 15.9 Å². The van der Waals surface area contributed by atoms with Gasteiger partial charge in [0.1, 0.15) is 5.75 Å². The second kappa shape index (κ2) is 4.70. The third kappa shape index (κ3) is 1.99. The van der Waals surface area contributed by atoms with Crippen LogP contribution in [0.15, 0.2) is 60.7 Å². The van der Waals surface area contributed by atoms with Crippen molar-refractivity contribution in [1.29, 1.82) is 0 Å². The molecule has 0 unspecified atom stereocenters. The van der Waals surface area contributed by atoms with Gasteiger partial charge in [0.25, 0.3) is 0 Å². The molecule has 20 heavy (non-hydrogen) atoms. The van der Waals surface area contributed by atoms with Crippen molar-refractivity contribution in [3.05, 3.63) is 71.8 Å². The first-order chi connectivity index (χ1) is 9.66. The van der Waals surface area contributed by atoms with E-state index in [1.165, 1.54) is 0 Å². The molecule has 3 rings (SSSR count). The number of ketones is 1. The van der Waals surface area contributed by atoms with Gasteiger partial charge in [-0.05, 0) is 41.8 Å². The van der Waals surface area contributed by atoms with Crippen molar-refractivity contribution < 1.29 is 9.90 Å². The van der Waals surface area contributed by atoms with Crippen LogP contribution >= 0.6 is 0 Å². The van der Waals surface area contributed by atoms with Crippen LogP contribution < -0.4 is 5.73 Å². The molecular weight excluding hydrogens is 250 g/mol. The number of carbonyl (C=O) groups excluding carboxylic acids is 1. The van der Waals surface area contributed by atoms with E-state index in [-0.39, 0.29) is 11.5 Å². The lowest BCUT2D eigenvalue weighted by Gasteiger charge is -2.07. The van der Waals surface area contributed by atoms with Gasteiger partial charge < -0.3 is 10.8 Å². The summed E-state index contributed by atoms with van der Waals surface area (Å²) in [5, 5.41) is 11.3. The molecule has 3 aromatic rings. The number of phenolic OH excluding ortho intramolecular Hbond substituents is 1. The Hall–Kier alpha value is -2.81. The number of nitrogens with two attached hydrogens (primary N) is 1. The van der Waals surface area contributed by atoms with Crippen molar-refractivity contribution in [2.24, 2.45) is 0 Å². The summed E-state index contributed by atoms with van der Waals surface area (Å²) >= 11 is 0. The Labute approximate surface area is 116 Å². The smallest absolute Gasteiger partial charge is 0.193 e. The van der Waals surface area contributed by atoms with Crippen LogP contribution in [0.25, 0.3) is 10.8 Å². The molecule has 0 aromatic heterocycles. The zero-order valence-corrected chi connectivity index (χ0v) is 10.7. The standard InChI is InChI=1S/C17H13NO2/c18-12-7-5-11(6-8-12)17(20)15-9-10-16(19)14-4-2-1-3-13(14)15/h1-10,19H,18H2. The molecule has 0 aliphatic carbocycles. The third-order valence-electron chi connectivity index (χ3n) is 3.32. The molecule has 0 aliphatic heterocycles. The summed E-state index contributed by atoms with van der Waals surface area (Å²) in [6.07, 6.45) is 0. The topological polar surface area (TPSA) is 63.3 Å². The highest BCUT2D eigenvalue weighted by Gasteiger charge is 2.13. The Morgan fingerprint density at radius 2 is 1.50 bits per heavy atom. The minimum absolute atomic E-state index is 0.0822. The van der Waals surface area contributed by atoms with Crippen molar-refractivity contribution in [3.8, 4) is 5.75 Å². The molecule has 0 aliphatic rings. The highest BCUT2D eigenvalue weighted by molar-refractivity contribution is 6.17. The maximum Gasteiger partial charge on any atom is 0.193 e. The molecule has 0 spiro atoms. The van der Waals surface area contributed by atoms with E-state index in [0.717, 1.165) is 5.39 Å². The Morgan fingerprint density at radius 1 is 0.850 bits per heavy atom. The van der Waals surface area contributed by atoms with E-state index < -0.39 is 0 Å². The van der Waals surface area contributed by atoms with Gasteiger partial charge in [-0.1, -0.05) is 24.3 Å². The molecule has 98 valence electrons. The van der Waals surface area contributed by atoms with Gasteiger partial charge in [-0.3, -0.25) is 4.79 Å². The van der Waals surface area contributed by atoms with Crippen LogP contribution in [0.3, 0.4) is 0 Å². The van der Waals surface area contributed by atoms with Crippen LogP contribution in [-0.4, -0.2) is 10.9 Å². The quantitative estimate of drug-likeness (QED) is 0.550. The van der Waals surface area contributed by atoms with Gasteiger partial charge in [0.15, 0.2) is 5.78 Å². The fourth-order valence-corrected chi connectivity index (χ4v) is 2.27. The molecule has 3 nitrogen and oxygen atoms in total. The number of hydrogen-bond acceptors (Lipinski definition) is 3. The fourth-order valence-electron chi connectivity index (χ4n) is 2.27. The monoisotopic (exact) mass is 263 g/mol. The van der Waals surface area contributed by atoms with Crippen molar-refractivity contribution >= 4 is 22.2 Å². The van der Waals surface area contributed by atoms with Crippen LogP contribution in [0.2, 0.25) is 0 Å². The van der Waals surface area contributed by atoms with Gasteiger partial charge in [0, 0.05) is 22.2 Å². The molecule has 0 heterocycles. The first-order valence-electron chi connectivity index (χ1n) is 6.28. The second-order valence-electron chi connectivity index (χ2n) is 4.63. The maximum absolute atomic E-state index is 12.6. The Morgan fingerprint density at radius 3 is 2.20 bits per heavy atom. The van der Waals surface area contributed by atoms with Gasteiger partial charge >= 0.3 is 0 Å². The molecule has 0 radical (unpaired) electrons. The Bertz CT molecular complexity index is 792. The fraction of sp³-hybridized carbons (Fsp3) is 0. The predicted octanol–water partition coefficient (Wildman–Crippen LogP) is 3.36. The summed E-state index contributed by atoms with van der Waals surface area (Å²) in [6, 6.07) is 17.3. The van der Waals surface area contributed by atoms with Gasteiger partial charge in [-0.25, -0.2) is 0 Å². The largest absolute Gasteiger partial charge is 0.507 e. The molecule has 0 amide bonds. The van der Waals surface area contributed by atoms with Crippen LogP contribution in [0, 0.1) is 0 Å². The lowest BCUT2D eigenvalue weighted by molar-refractivity contribution is 0.104. The summed E-state index contributed by atoms with van der Waals surface area (Å²) < 4.78 is 0.